The Balaban J connectivity index is 3.24. The molecule has 0 aliphatic rings. The monoisotopic (exact) mass is 264 g/mol. The number of pyridine rings is 1. The van der Waals surface area contributed by atoms with Crippen molar-refractivity contribution in [1.29, 1.82) is 5.26 Å². The fourth-order valence-electron chi connectivity index (χ4n) is 1.31. The Labute approximate surface area is 101 Å². The largest absolute Gasteiger partial charge is 0.573 e. The highest BCUT2D eigenvalue weighted by Gasteiger charge is 2.32. The van der Waals surface area contributed by atoms with Gasteiger partial charge in [-0.15, -0.1) is 24.8 Å². The Hall–Kier alpha value is -1.48. The standard InChI is InChI=1S/C10H8ClF3N2O/c1-6-4-9(17-10(12,13)14)7(5-11)8(16-6)2-3-15/h4H,2,5H2,1H3. The Bertz CT molecular complexity index is 454. The van der Waals surface area contributed by atoms with Crippen LogP contribution in [0.5, 0.6) is 5.75 Å². The smallest absolute Gasteiger partial charge is 0.405 e. The van der Waals surface area contributed by atoms with Crippen molar-refractivity contribution in [2.24, 2.45) is 0 Å². The maximum absolute atomic E-state index is 12.2. The second-order valence-corrected chi connectivity index (χ2v) is 3.47. The number of hydrogen-bond donors (Lipinski definition) is 0. The summed E-state index contributed by atoms with van der Waals surface area (Å²) < 4.78 is 40.3. The topological polar surface area (TPSA) is 45.9 Å². The summed E-state index contributed by atoms with van der Waals surface area (Å²) in [5.41, 5.74) is 0.640. The van der Waals surface area contributed by atoms with E-state index in [2.05, 4.69) is 9.72 Å². The molecular weight excluding hydrogens is 257 g/mol. The van der Waals surface area contributed by atoms with Crippen LogP contribution in [0.3, 0.4) is 0 Å². The molecular formula is C10H8ClF3N2O. The quantitative estimate of drug-likeness (QED) is 0.788. The first-order valence-corrected chi connectivity index (χ1v) is 5.09. The number of alkyl halides is 4. The van der Waals surface area contributed by atoms with Gasteiger partial charge in [-0.1, -0.05) is 0 Å². The lowest BCUT2D eigenvalue weighted by molar-refractivity contribution is -0.274. The van der Waals surface area contributed by atoms with Gasteiger partial charge in [0.15, 0.2) is 0 Å². The molecule has 0 fully saturated rings. The highest BCUT2D eigenvalue weighted by Crippen LogP contribution is 2.30. The molecule has 3 nitrogen and oxygen atoms in total. The fourth-order valence-corrected chi connectivity index (χ4v) is 1.60. The van der Waals surface area contributed by atoms with Crippen LogP contribution in [0.15, 0.2) is 6.07 Å². The SMILES string of the molecule is Cc1cc(OC(F)(F)F)c(CCl)c(CC#N)n1. The van der Waals surface area contributed by atoms with Gasteiger partial charge in [-0.05, 0) is 6.92 Å². The lowest BCUT2D eigenvalue weighted by atomic mass is 10.1. The zero-order chi connectivity index (χ0) is 13.1. The van der Waals surface area contributed by atoms with Crippen LogP contribution in [0, 0.1) is 18.3 Å². The van der Waals surface area contributed by atoms with E-state index in [-0.39, 0.29) is 23.6 Å². The summed E-state index contributed by atoms with van der Waals surface area (Å²) in [5.74, 6) is -0.597. The summed E-state index contributed by atoms with van der Waals surface area (Å²) in [6.07, 6.45) is -4.91. The van der Waals surface area contributed by atoms with E-state index in [1.165, 1.54) is 6.92 Å². The van der Waals surface area contributed by atoms with Crippen LogP contribution >= 0.6 is 11.6 Å². The molecule has 7 heteroatoms. The highest BCUT2D eigenvalue weighted by atomic mass is 35.5. The van der Waals surface area contributed by atoms with Crippen molar-refractivity contribution < 1.29 is 17.9 Å². The number of ether oxygens (including phenoxy) is 1. The van der Waals surface area contributed by atoms with Gasteiger partial charge in [-0.3, -0.25) is 4.98 Å². The van der Waals surface area contributed by atoms with Gasteiger partial charge in [0.1, 0.15) is 5.75 Å². The zero-order valence-corrected chi connectivity index (χ0v) is 9.56. The minimum atomic E-state index is -4.79. The molecule has 0 saturated heterocycles. The number of aromatic nitrogens is 1. The van der Waals surface area contributed by atoms with E-state index in [4.69, 9.17) is 16.9 Å². The van der Waals surface area contributed by atoms with Gasteiger partial charge in [0.25, 0.3) is 0 Å². The van der Waals surface area contributed by atoms with Crippen molar-refractivity contribution in [3.63, 3.8) is 0 Å². The minimum Gasteiger partial charge on any atom is -0.405 e. The molecule has 0 amide bonds. The first-order chi connectivity index (χ1) is 7.87. The Morgan fingerprint density at radius 2 is 2.18 bits per heavy atom. The molecule has 1 aromatic rings. The van der Waals surface area contributed by atoms with E-state index in [0.29, 0.717) is 5.69 Å². The molecule has 1 aromatic heterocycles. The lowest BCUT2D eigenvalue weighted by Gasteiger charge is -2.14. The molecule has 0 aromatic carbocycles. The second-order valence-electron chi connectivity index (χ2n) is 3.20. The molecule has 0 aliphatic heterocycles. The minimum absolute atomic E-state index is 0.0936. The number of hydrogen-bond acceptors (Lipinski definition) is 3. The molecule has 0 spiro atoms. The summed E-state index contributed by atoms with van der Waals surface area (Å²) >= 11 is 5.56. The average molecular weight is 265 g/mol. The van der Waals surface area contributed by atoms with Gasteiger partial charge >= 0.3 is 6.36 Å². The van der Waals surface area contributed by atoms with Crippen LogP contribution in [0.4, 0.5) is 13.2 Å². The molecule has 1 heterocycles. The highest BCUT2D eigenvalue weighted by molar-refractivity contribution is 6.17. The predicted octanol–water partition coefficient (Wildman–Crippen LogP) is 3.09. The van der Waals surface area contributed by atoms with Crippen LogP contribution < -0.4 is 4.74 Å². The summed E-state index contributed by atoms with van der Waals surface area (Å²) in [5, 5.41) is 8.56. The summed E-state index contributed by atoms with van der Waals surface area (Å²) in [6, 6.07) is 2.96. The molecule has 0 atom stereocenters. The molecule has 17 heavy (non-hydrogen) atoms. The van der Waals surface area contributed by atoms with Crippen LogP contribution in [0.25, 0.3) is 0 Å². The van der Waals surface area contributed by atoms with Gasteiger partial charge < -0.3 is 4.74 Å². The second kappa shape index (κ2) is 5.23. The first kappa shape index (κ1) is 13.6. The number of aryl methyl sites for hydroxylation is 1. The average Bonchev–Trinajstić information content (AvgIpc) is 2.15. The van der Waals surface area contributed by atoms with Crippen LogP contribution in [0.1, 0.15) is 17.0 Å². The summed E-state index contributed by atoms with van der Waals surface area (Å²) in [4.78, 5) is 3.97. The molecule has 0 radical (unpaired) electrons. The molecule has 0 saturated carbocycles. The molecule has 0 unspecified atom stereocenters. The normalized spacial score (nSPS) is 11.1. The summed E-state index contributed by atoms with van der Waals surface area (Å²) in [6.45, 7) is 1.52. The molecule has 1 rings (SSSR count). The third kappa shape index (κ3) is 3.79. The first-order valence-electron chi connectivity index (χ1n) is 4.55. The lowest BCUT2D eigenvalue weighted by Crippen LogP contribution is -2.19. The van der Waals surface area contributed by atoms with Crippen LogP contribution in [-0.2, 0) is 12.3 Å². The maximum Gasteiger partial charge on any atom is 0.573 e. The number of rotatable bonds is 3. The van der Waals surface area contributed by atoms with Crippen molar-refractivity contribution in [1.82, 2.24) is 4.98 Å². The van der Waals surface area contributed by atoms with E-state index < -0.39 is 12.1 Å². The zero-order valence-electron chi connectivity index (χ0n) is 8.81. The van der Waals surface area contributed by atoms with E-state index in [9.17, 15) is 13.2 Å². The Morgan fingerprint density at radius 1 is 1.53 bits per heavy atom. The Kier molecular flexibility index (Phi) is 4.18. The predicted molar refractivity (Wildman–Crippen MR) is 54.5 cm³/mol. The number of nitriles is 1. The van der Waals surface area contributed by atoms with Gasteiger partial charge in [-0.25, -0.2) is 0 Å². The molecule has 0 bridgehead atoms. The molecule has 0 aliphatic carbocycles. The molecule has 0 N–H and O–H groups in total. The van der Waals surface area contributed by atoms with Crippen molar-refractivity contribution in [2.75, 3.05) is 0 Å². The van der Waals surface area contributed by atoms with Gasteiger partial charge in [0.2, 0.25) is 0 Å². The number of nitrogens with zero attached hydrogens (tertiary/aromatic N) is 2. The van der Waals surface area contributed by atoms with Crippen molar-refractivity contribution in [2.45, 2.75) is 25.6 Å². The van der Waals surface area contributed by atoms with E-state index in [1.54, 1.807) is 0 Å². The Morgan fingerprint density at radius 3 is 2.65 bits per heavy atom. The van der Waals surface area contributed by atoms with Gasteiger partial charge in [0, 0.05) is 17.3 Å². The van der Waals surface area contributed by atoms with Crippen molar-refractivity contribution >= 4 is 11.6 Å². The van der Waals surface area contributed by atoms with E-state index in [1.807, 2.05) is 6.07 Å². The fraction of sp³-hybridized carbons (Fsp3) is 0.400. The van der Waals surface area contributed by atoms with E-state index >= 15 is 0 Å². The van der Waals surface area contributed by atoms with Crippen LogP contribution in [-0.4, -0.2) is 11.3 Å². The van der Waals surface area contributed by atoms with Gasteiger partial charge in [0.05, 0.1) is 24.1 Å². The third-order valence-corrected chi connectivity index (χ3v) is 2.17. The molecule has 92 valence electrons. The van der Waals surface area contributed by atoms with Crippen LogP contribution in [0.2, 0.25) is 0 Å². The van der Waals surface area contributed by atoms with Crippen molar-refractivity contribution in [3.8, 4) is 11.8 Å². The third-order valence-electron chi connectivity index (χ3n) is 1.90. The number of halogens is 4. The van der Waals surface area contributed by atoms with Gasteiger partial charge in [-0.2, -0.15) is 5.26 Å². The summed E-state index contributed by atoms with van der Waals surface area (Å²) in [7, 11) is 0. The van der Waals surface area contributed by atoms with E-state index in [0.717, 1.165) is 6.07 Å². The van der Waals surface area contributed by atoms with Crippen molar-refractivity contribution in [3.05, 3.63) is 23.0 Å². The maximum atomic E-state index is 12.2.